The van der Waals surface area contributed by atoms with Gasteiger partial charge in [0.2, 0.25) is 5.91 Å². The molecule has 0 aromatic rings. The maximum atomic E-state index is 11.6. The molecule has 0 aliphatic heterocycles. The van der Waals surface area contributed by atoms with Crippen molar-refractivity contribution in [1.82, 2.24) is 4.90 Å². The van der Waals surface area contributed by atoms with E-state index in [0.717, 1.165) is 0 Å². The molecule has 0 aliphatic rings. The number of amides is 2. The number of carbonyl (C=O) groups is 2. The van der Waals surface area contributed by atoms with Gasteiger partial charge in [0.1, 0.15) is 6.04 Å². The molecule has 0 rings (SSSR count). The van der Waals surface area contributed by atoms with Gasteiger partial charge < -0.3 is 10.6 Å². The number of rotatable bonds is 7. The van der Waals surface area contributed by atoms with Gasteiger partial charge in [0.15, 0.2) is 4.84 Å². The Morgan fingerprint density at radius 1 is 1.31 bits per heavy atom. The molecule has 1 unspecified atom stereocenters. The molecule has 0 aliphatic carbocycles. The van der Waals surface area contributed by atoms with Crippen LogP contribution >= 0.6 is 23.2 Å². The van der Waals surface area contributed by atoms with Gasteiger partial charge >= 0.3 is 0 Å². The summed E-state index contributed by atoms with van der Waals surface area (Å²) in [6, 6.07) is -0.803. The maximum absolute atomic E-state index is 11.6. The van der Waals surface area contributed by atoms with Crippen LogP contribution in [0.3, 0.4) is 0 Å². The van der Waals surface area contributed by atoms with Crippen molar-refractivity contribution in [1.29, 1.82) is 0 Å². The van der Waals surface area contributed by atoms with Gasteiger partial charge in [-0.2, -0.15) is 0 Å². The largest absolute Gasteiger partial charge is 0.368 e. The van der Waals surface area contributed by atoms with Crippen LogP contribution in [0.15, 0.2) is 25.3 Å². The summed E-state index contributed by atoms with van der Waals surface area (Å²) in [4.78, 5) is 22.8. The molecule has 16 heavy (non-hydrogen) atoms. The number of carbonyl (C=O) groups excluding carboxylic acids is 2. The van der Waals surface area contributed by atoms with Gasteiger partial charge in [0.25, 0.3) is 5.91 Å². The van der Waals surface area contributed by atoms with E-state index in [1.807, 2.05) is 0 Å². The van der Waals surface area contributed by atoms with Crippen molar-refractivity contribution in [2.45, 2.75) is 17.3 Å². The van der Waals surface area contributed by atoms with Crippen molar-refractivity contribution in [3.05, 3.63) is 25.3 Å². The molecular weight excluding hydrogens is 251 g/mol. The molecule has 6 heteroatoms. The number of nitrogens with two attached hydrogens (primary N) is 1. The first kappa shape index (κ1) is 15.0. The average Bonchev–Trinajstić information content (AvgIpc) is 2.21. The van der Waals surface area contributed by atoms with Crippen molar-refractivity contribution in [3.8, 4) is 0 Å². The van der Waals surface area contributed by atoms with Crippen LogP contribution in [-0.4, -0.2) is 34.1 Å². The Morgan fingerprint density at radius 2 is 1.88 bits per heavy atom. The molecule has 0 saturated heterocycles. The lowest BCUT2D eigenvalue weighted by Gasteiger charge is -2.28. The maximum Gasteiger partial charge on any atom is 0.256 e. The van der Waals surface area contributed by atoms with Gasteiger partial charge in [-0.3, -0.25) is 9.59 Å². The molecule has 0 aromatic heterocycles. The van der Waals surface area contributed by atoms with Gasteiger partial charge in [-0.15, -0.1) is 13.2 Å². The number of halogens is 2. The van der Waals surface area contributed by atoms with Crippen molar-refractivity contribution in [2.75, 3.05) is 6.54 Å². The Hall–Kier alpha value is -1.000. The normalized spacial score (nSPS) is 11.9. The minimum absolute atomic E-state index is 0.149. The smallest absolute Gasteiger partial charge is 0.256 e. The monoisotopic (exact) mass is 264 g/mol. The molecular formula is C10H14Cl2N2O2. The van der Waals surface area contributed by atoms with E-state index < -0.39 is 22.7 Å². The lowest BCUT2D eigenvalue weighted by Crippen LogP contribution is -2.49. The lowest BCUT2D eigenvalue weighted by atomic mass is 10.1. The Morgan fingerprint density at radius 3 is 2.19 bits per heavy atom. The van der Waals surface area contributed by atoms with Crippen LogP contribution in [0.25, 0.3) is 0 Å². The molecule has 0 heterocycles. The van der Waals surface area contributed by atoms with Crippen molar-refractivity contribution >= 4 is 35.0 Å². The van der Waals surface area contributed by atoms with Gasteiger partial charge in [-0.25, -0.2) is 0 Å². The highest BCUT2D eigenvalue weighted by Gasteiger charge is 2.29. The van der Waals surface area contributed by atoms with Crippen LogP contribution < -0.4 is 5.73 Å². The summed E-state index contributed by atoms with van der Waals surface area (Å²) < 4.78 is 0. The zero-order valence-electron chi connectivity index (χ0n) is 8.73. The number of hydrogen-bond acceptors (Lipinski definition) is 2. The average molecular weight is 265 g/mol. The molecule has 0 saturated carbocycles. The van der Waals surface area contributed by atoms with E-state index in [1.54, 1.807) is 0 Å². The van der Waals surface area contributed by atoms with E-state index in [-0.39, 0.29) is 13.0 Å². The molecule has 90 valence electrons. The molecule has 1 atom stereocenters. The van der Waals surface area contributed by atoms with Crippen molar-refractivity contribution in [3.63, 3.8) is 0 Å². The van der Waals surface area contributed by atoms with E-state index in [1.165, 1.54) is 17.1 Å². The van der Waals surface area contributed by atoms with Crippen molar-refractivity contribution < 1.29 is 9.59 Å². The van der Waals surface area contributed by atoms with Gasteiger partial charge in [0.05, 0.1) is 0 Å². The lowest BCUT2D eigenvalue weighted by molar-refractivity contribution is -0.137. The summed E-state index contributed by atoms with van der Waals surface area (Å²) in [7, 11) is 0. The van der Waals surface area contributed by atoms with Crippen LogP contribution in [0.2, 0.25) is 0 Å². The fourth-order valence-corrected chi connectivity index (χ4v) is 1.44. The topological polar surface area (TPSA) is 63.4 Å². The first-order chi connectivity index (χ1) is 7.45. The second-order valence-electron chi connectivity index (χ2n) is 3.02. The number of nitrogens with zero attached hydrogens (tertiary/aromatic N) is 1. The molecule has 0 radical (unpaired) electrons. The molecule has 0 aromatic carbocycles. The Kier molecular flexibility index (Phi) is 6.85. The summed E-state index contributed by atoms with van der Waals surface area (Å²) in [6.45, 7) is 7.13. The SMILES string of the molecule is C=CCC(C(N)=O)N(CC=C)C(=O)C(Cl)Cl. The second-order valence-corrected chi connectivity index (χ2v) is 4.12. The summed E-state index contributed by atoms with van der Waals surface area (Å²) in [6.07, 6.45) is 3.21. The molecule has 2 amide bonds. The number of alkyl halides is 2. The summed E-state index contributed by atoms with van der Waals surface area (Å²) in [5.41, 5.74) is 5.19. The zero-order chi connectivity index (χ0) is 12.7. The molecule has 4 nitrogen and oxygen atoms in total. The highest BCUT2D eigenvalue weighted by molar-refractivity contribution is 6.53. The predicted octanol–water partition coefficient (Wildman–Crippen LogP) is 1.23. The van der Waals surface area contributed by atoms with E-state index in [4.69, 9.17) is 28.9 Å². The van der Waals surface area contributed by atoms with Crippen LogP contribution in [0.4, 0.5) is 0 Å². The van der Waals surface area contributed by atoms with Crippen LogP contribution in [0, 0.1) is 0 Å². The summed E-state index contributed by atoms with van der Waals surface area (Å²) in [5.74, 6) is -1.21. The minimum Gasteiger partial charge on any atom is -0.368 e. The highest BCUT2D eigenvalue weighted by atomic mass is 35.5. The Labute approximate surface area is 105 Å². The first-order valence-electron chi connectivity index (χ1n) is 4.55. The minimum atomic E-state index is -1.23. The summed E-state index contributed by atoms with van der Waals surface area (Å²) in [5, 5.41) is 0. The van der Waals surface area contributed by atoms with Crippen LogP contribution in [0.1, 0.15) is 6.42 Å². The molecule has 0 spiro atoms. The van der Waals surface area contributed by atoms with Crippen molar-refractivity contribution in [2.24, 2.45) is 5.73 Å². The fourth-order valence-electron chi connectivity index (χ4n) is 1.19. The van der Waals surface area contributed by atoms with E-state index >= 15 is 0 Å². The Balaban J connectivity index is 4.96. The molecule has 0 bridgehead atoms. The molecule has 2 N–H and O–H groups in total. The fraction of sp³-hybridized carbons (Fsp3) is 0.400. The first-order valence-corrected chi connectivity index (χ1v) is 5.42. The van der Waals surface area contributed by atoms with Crippen LogP contribution in [-0.2, 0) is 9.59 Å². The third-order valence-corrected chi connectivity index (χ3v) is 2.26. The van der Waals surface area contributed by atoms with Gasteiger partial charge in [0, 0.05) is 6.54 Å². The zero-order valence-corrected chi connectivity index (χ0v) is 10.2. The Bertz CT molecular complexity index is 293. The third kappa shape index (κ3) is 4.24. The standard InChI is InChI=1S/C10H14Cl2N2O2/c1-3-5-7(9(13)15)14(6-4-2)10(16)8(11)12/h3-4,7-8H,1-2,5-6H2,(H2,13,15). The third-order valence-electron chi connectivity index (χ3n) is 1.89. The molecule has 0 fully saturated rings. The van der Waals surface area contributed by atoms with E-state index in [0.29, 0.717) is 0 Å². The number of hydrogen-bond donors (Lipinski definition) is 1. The number of primary amides is 1. The summed E-state index contributed by atoms with van der Waals surface area (Å²) >= 11 is 10.9. The quantitative estimate of drug-likeness (QED) is 0.556. The highest BCUT2D eigenvalue weighted by Crippen LogP contribution is 2.13. The van der Waals surface area contributed by atoms with Crippen LogP contribution in [0.5, 0.6) is 0 Å². The van der Waals surface area contributed by atoms with E-state index in [2.05, 4.69) is 13.2 Å². The van der Waals surface area contributed by atoms with Gasteiger partial charge in [-0.05, 0) is 6.42 Å². The van der Waals surface area contributed by atoms with Gasteiger partial charge in [-0.1, -0.05) is 35.4 Å². The second kappa shape index (κ2) is 7.30. The van der Waals surface area contributed by atoms with E-state index in [9.17, 15) is 9.59 Å². The predicted molar refractivity (Wildman–Crippen MR) is 65.2 cm³/mol.